The number of hydrogen-bond acceptors (Lipinski definition) is 5. The lowest BCUT2D eigenvalue weighted by atomic mass is 10.0. The molecule has 1 N–H and O–H groups in total. The summed E-state index contributed by atoms with van der Waals surface area (Å²) in [4.78, 5) is 21.7. The van der Waals surface area contributed by atoms with Crippen molar-refractivity contribution in [1.82, 2.24) is 9.97 Å². The minimum atomic E-state index is -3.72. The molecule has 1 aromatic heterocycles. The molecule has 0 bridgehead atoms. The van der Waals surface area contributed by atoms with Gasteiger partial charge in [0.25, 0.3) is 10.0 Å². The van der Waals surface area contributed by atoms with E-state index in [0.717, 1.165) is 35.4 Å². The van der Waals surface area contributed by atoms with Gasteiger partial charge in [-0.25, -0.2) is 18.4 Å². The normalized spacial score (nSPS) is 14.9. The quantitative estimate of drug-likeness (QED) is 0.546. The molecule has 6 nitrogen and oxygen atoms in total. The summed E-state index contributed by atoms with van der Waals surface area (Å²) in [5, 5.41) is 0.470. The van der Waals surface area contributed by atoms with Crippen LogP contribution in [0.15, 0.2) is 59.5 Å². The number of aromatic nitrogens is 2. The zero-order chi connectivity index (χ0) is 22.3. The van der Waals surface area contributed by atoms with E-state index in [2.05, 4.69) is 9.71 Å². The number of benzene rings is 2. The highest BCUT2D eigenvalue weighted by Gasteiger charge is 2.30. The average Bonchev–Trinajstić information content (AvgIpc) is 3.52. The van der Waals surface area contributed by atoms with Gasteiger partial charge < -0.3 is 0 Å². The smallest absolute Gasteiger partial charge is 0.261 e. The molecule has 0 saturated heterocycles. The molecule has 2 aliphatic carbocycles. The van der Waals surface area contributed by atoms with Crippen molar-refractivity contribution in [3.8, 4) is 11.3 Å². The molecule has 0 unspecified atom stereocenters. The molecule has 0 aliphatic heterocycles. The van der Waals surface area contributed by atoms with E-state index >= 15 is 0 Å². The first-order valence-corrected chi connectivity index (χ1v) is 12.2. The fourth-order valence-corrected chi connectivity index (χ4v) is 4.90. The van der Waals surface area contributed by atoms with E-state index in [9.17, 15) is 13.2 Å². The van der Waals surface area contributed by atoms with Crippen molar-refractivity contribution in [1.29, 1.82) is 0 Å². The number of nitrogens with one attached hydrogen (secondary N) is 1. The molecule has 0 radical (unpaired) electrons. The Balaban J connectivity index is 1.41. The topological polar surface area (TPSA) is 89.0 Å². The largest absolute Gasteiger partial charge is 0.299 e. The van der Waals surface area contributed by atoms with Crippen molar-refractivity contribution in [3.63, 3.8) is 0 Å². The van der Waals surface area contributed by atoms with Crippen molar-refractivity contribution < 1.29 is 13.2 Å². The maximum absolute atomic E-state index is 12.6. The van der Waals surface area contributed by atoms with Gasteiger partial charge in [-0.05, 0) is 49.2 Å². The highest BCUT2D eigenvalue weighted by Crippen LogP contribution is 2.33. The van der Waals surface area contributed by atoms with Crippen LogP contribution in [0.3, 0.4) is 0 Å². The zero-order valence-corrected chi connectivity index (χ0v) is 18.7. The summed E-state index contributed by atoms with van der Waals surface area (Å²) in [6.07, 6.45) is 6.92. The van der Waals surface area contributed by atoms with E-state index in [1.54, 1.807) is 12.1 Å². The van der Waals surface area contributed by atoms with E-state index in [-0.39, 0.29) is 23.0 Å². The molecule has 5 rings (SSSR count). The van der Waals surface area contributed by atoms with Crippen LogP contribution in [0.5, 0.6) is 0 Å². The van der Waals surface area contributed by atoms with Gasteiger partial charge in [-0.15, -0.1) is 0 Å². The Hall–Kier alpha value is -3.03. The molecular weight excluding hydrogens is 446 g/mol. The van der Waals surface area contributed by atoms with E-state index in [4.69, 9.17) is 16.6 Å². The summed E-state index contributed by atoms with van der Waals surface area (Å²) in [7, 11) is -3.72. The molecule has 1 saturated carbocycles. The second kappa shape index (κ2) is 8.15. The standard InChI is InChI=1S/C24H20ClN3O3S/c25-17-8-12-19(13-9-17)32(30,31)28-18-10-6-16(7-11-18)24-20-2-1-3-21(20)26-23(27-24)14-22(29)15-4-5-15/h1-2,6-13,15,28H,3-5,14H2. The number of rotatable bonds is 7. The Kier molecular flexibility index (Phi) is 5.31. The lowest BCUT2D eigenvalue weighted by molar-refractivity contribution is -0.119. The third-order valence-corrected chi connectivity index (χ3v) is 7.22. The predicted octanol–water partition coefficient (Wildman–Crippen LogP) is 4.69. The highest BCUT2D eigenvalue weighted by molar-refractivity contribution is 7.92. The second-order valence-electron chi connectivity index (χ2n) is 8.01. The SMILES string of the molecule is O=C(Cc1nc2c(c(-c3ccc(NS(=O)(=O)c4ccc(Cl)cc4)cc3)n1)C=CC2)C1CC1. The molecule has 8 heteroatoms. The summed E-state index contributed by atoms with van der Waals surface area (Å²) in [5.74, 6) is 0.919. The van der Waals surface area contributed by atoms with Crippen LogP contribution in [-0.2, 0) is 27.7 Å². The number of nitrogens with zero attached hydrogens (tertiary/aromatic N) is 2. The van der Waals surface area contributed by atoms with Crippen molar-refractivity contribution in [2.24, 2.45) is 5.92 Å². The molecule has 2 aliphatic rings. The van der Waals surface area contributed by atoms with Gasteiger partial charge in [0.2, 0.25) is 0 Å². The highest BCUT2D eigenvalue weighted by atomic mass is 35.5. The lowest BCUT2D eigenvalue weighted by Gasteiger charge is -2.12. The zero-order valence-electron chi connectivity index (χ0n) is 17.1. The van der Waals surface area contributed by atoms with E-state index in [0.29, 0.717) is 23.0 Å². The van der Waals surface area contributed by atoms with Crippen LogP contribution in [-0.4, -0.2) is 24.2 Å². The van der Waals surface area contributed by atoms with Crippen molar-refractivity contribution in [2.45, 2.75) is 30.6 Å². The minimum absolute atomic E-state index is 0.134. The number of hydrogen-bond donors (Lipinski definition) is 1. The Labute approximate surface area is 191 Å². The van der Waals surface area contributed by atoms with Crippen molar-refractivity contribution in [2.75, 3.05) is 4.72 Å². The third kappa shape index (κ3) is 4.31. The monoisotopic (exact) mass is 465 g/mol. The number of halogens is 1. The molecule has 162 valence electrons. The number of ketones is 1. The maximum Gasteiger partial charge on any atom is 0.261 e. The first-order chi connectivity index (χ1) is 15.4. The molecule has 1 heterocycles. The average molecular weight is 466 g/mol. The number of sulfonamides is 1. The number of Topliss-reactive ketones (excluding diaryl/α,β-unsaturated/α-hetero) is 1. The van der Waals surface area contributed by atoms with Gasteiger partial charge >= 0.3 is 0 Å². The first-order valence-electron chi connectivity index (χ1n) is 10.4. The van der Waals surface area contributed by atoms with Gasteiger partial charge in [-0.3, -0.25) is 9.52 Å². The van der Waals surface area contributed by atoms with Crippen LogP contribution < -0.4 is 4.72 Å². The predicted molar refractivity (Wildman–Crippen MR) is 124 cm³/mol. The van der Waals surface area contributed by atoms with Crippen molar-refractivity contribution >= 4 is 39.2 Å². The number of carbonyl (C=O) groups excluding carboxylic acids is 1. The number of allylic oxidation sites excluding steroid dienone is 1. The first kappa shape index (κ1) is 20.8. The van der Waals surface area contributed by atoms with E-state index in [1.165, 1.54) is 24.3 Å². The van der Waals surface area contributed by atoms with Crippen LogP contribution in [0.25, 0.3) is 17.3 Å². The van der Waals surface area contributed by atoms with Gasteiger partial charge in [0.05, 0.1) is 22.7 Å². The molecule has 0 spiro atoms. The van der Waals surface area contributed by atoms with Crippen LogP contribution in [0, 0.1) is 5.92 Å². The van der Waals surface area contributed by atoms with Crippen LogP contribution in [0.1, 0.15) is 29.9 Å². The van der Waals surface area contributed by atoms with Gasteiger partial charge in [0.15, 0.2) is 0 Å². The summed E-state index contributed by atoms with van der Waals surface area (Å²) in [5.41, 5.74) is 3.90. The lowest BCUT2D eigenvalue weighted by Crippen LogP contribution is -2.12. The fourth-order valence-electron chi connectivity index (χ4n) is 3.71. The van der Waals surface area contributed by atoms with Crippen LogP contribution >= 0.6 is 11.6 Å². The molecule has 2 aromatic carbocycles. The maximum atomic E-state index is 12.6. The van der Waals surface area contributed by atoms with Gasteiger partial charge in [-0.1, -0.05) is 35.9 Å². The Morgan fingerprint density at radius 3 is 2.44 bits per heavy atom. The molecular formula is C24H20ClN3O3S. The Bertz CT molecular complexity index is 1330. The fraction of sp³-hybridized carbons (Fsp3) is 0.208. The summed E-state index contributed by atoms with van der Waals surface area (Å²) in [6.45, 7) is 0. The Morgan fingerprint density at radius 1 is 1.03 bits per heavy atom. The summed E-state index contributed by atoms with van der Waals surface area (Å²) in [6, 6.07) is 13.0. The summed E-state index contributed by atoms with van der Waals surface area (Å²) >= 11 is 5.85. The second-order valence-corrected chi connectivity index (χ2v) is 10.1. The molecule has 1 fully saturated rings. The molecule has 0 amide bonds. The Morgan fingerprint density at radius 2 is 1.75 bits per heavy atom. The molecule has 32 heavy (non-hydrogen) atoms. The van der Waals surface area contributed by atoms with E-state index in [1.807, 2.05) is 24.3 Å². The minimum Gasteiger partial charge on any atom is -0.299 e. The molecule has 0 atom stereocenters. The number of carbonyl (C=O) groups is 1. The van der Waals surface area contributed by atoms with Gasteiger partial charge in [0.1, 0.15) is 11.6 Å². The molecule has 3 aromatic rings. The van der Waals surface area contributed by atoms with Gasteiger partial charge in [-0.2, -0.15) is 0 Å². The van der Waals surface area contributed by atoms with Crippen molar-refractivity contribution in [3.05, 3.63) is 76.7 Å². The van der Waals surface area contributed by atoms with Crippen LogP contribution in [0.2, 0.25) is 5.02 Å². The van der Waals surface area contributed by atoms with Crippen LogP contribution in [0.4, 0.5) is 5.69 Å². The summed E-state index contributed by atoms with van der Waals surface area (Å²) < 4.78 is 27.8. The van der Waals surface area contributed by atoms with E-state index < -0.39 is 10.0 Å². The third-order valence-electron chi connectivity index (χ3n) is 5.57. The number of anilines is 1. The number of fused-ring (bicyclic) bond motifs is 1. The van der Waals surface area contributed by atoms with Gasteiger partial charge in [0, 0.05) is 34.2 Å².